The highest BCUT2D eigenvalue weighted by molar-refractivity contribution is 7.99. The maximum Gasteiger partial charge on any atom is 0.319 e. The van der Waals surface area contributed by atoms with Gasteiger partial charge in [-0.1, -0.05) is 18.2 Å². The molecule has 1 fully saturated rings. The first-order valence-electron chi connectivity index (χ1n) is 6.48. The fraction of sp³-hybridized carbons (Fsp3) is 0.467. The molecule has 1 atom stereocenters. The molecular weight excluding hydrogens is 260 g/mol. The van der Waals surface area contributed by atoms with Crippen LogP contribution in [0, 0.1) is 5.41 Å². The molecule has 1 aliphatic rings. The van der Waals surface area contributed by atoms with Crippen molar-refractivity contribution in [2.75, 3.05) is 12.9 Å². The SMILES string of the molecule is COC(=O)[C@@]1(CCSc2ccccc2)CCCC1=O. The quantitative estimate of drug-likeness (QED) is 0.471. The van der Waals surface area contributed by atoms with Crippen molar-refractivity contribution in [1.82, 2.24) is 0 Å². The summed E-state index contributed by atoms with van der Waals surface area (Å²) in [6, 6.07) is 10.0. The summed E-state index contributed by atoms with van der Waals surface area (Å²) < 4.78 is 4.84. The Morgan fingerprint density at radius 2 is 2.11 bits per heavy atom. The van der Waals surface area contributed by atoms with Crippen molar-refractivity contribution in [3.63, 3.8) is 0 Å². The maximum atomic E-state index is 12.0. The molecule has 0 radical (unpaired) electrons. The summed E-state index contributed by atoms with van der Waals surface area (Å²) in [6.45, 7) is 0. The van der Waals surface area contributed by atoms with Gasteiger partial charge in [0.15, 0.2) is 0 Å². The molecule has 102 valence electrons. The number of esters is 1. The smallest absolute Gasteiger partial charge is 0.319 e. The second-order valence-electron chi connectivity index (χ2n) is 4.76. The van der Waals surface area contributed by atoms with Crippen LogP contribution in [-0.2, 0) is 14.3 Å². The highest BCUT2D eigenvalue weighted by Gasteiger charge is 2.48. The van der Waals surface area contributed by atoms with Crippen LogP contribution >= 0.6 is 11.8 Å². The third-order valence-corrected chi connectivity index (χ3v) is 4.67. The fourth-order valence-corrected chi connectivity index (χ4v) is 3.60. The second kappa shape index (κ2) is 6.24. The topological polar surface area (TPSA) is 43.4 Å². The van der Waals surface area contributed by atoms with E-state index in [1.807, 2.05) is 30.3 Å². The Kier molecular flexibility index (Phi) is 4.64. The normalized spacial score (nSPS) is 22.5. The predicted octanol–water partition coefficient (Wildman–Crippen LogP) is 3.08. The molecule has 0 saturated heterocycles. The van der Waals surface area contributed by atoms with Crippen molar-refractivity contribution < 1.29 is 14.3 Å². The Hall–Kier alpha value is -1.29. The number of hydrogen-bond acceptors (Lipinski definition) is 4. The maximum absolute atomic E-state index is 12.0. The van der Waals surface area contributed by atoms with Gasteiger partial charge in [0, 0.05) is 11.3 Å². The Balaban J connectivity index is 1.98. The molecule has 0 bridgehead atoms. The molecule has 0 aliphatic heterocycles. The molecule has 1 saturated carbocycles. The monoisotopic (exact) mass is 278 g/mol. The Labute approximate surface area is 117 Å². The van der Waals surface area contributed by atoms with Gasteiger partial charge in [-0.15, -0.1) is 11.8 Å². The lowest BCUT2D eigenvalue weighted by Crippen LogP contribution is -2.36. The number of Topliss-reactive ketones (excluding diaryl/α,β-unsaturated/α-hetero) is 1. The zero-order valence-corrected chi connectivity index (χ0v) is 11.9. The van der Waals surface area contributed by atoms with Crippen LogP contribution in [0.15, 0.2) is 35.2 Å². The number of ether oxygens (including phenoxy) is 1. The molecule has 2 rings (SSSR count). The Morgan fingerprint density at radius 1 is 1.37 bits per heavy atom. The van der Waals surface area contributed by atoms with Gasteiger partial charge >= 0.3 is 5.97 Å². The van der Waals surface area contributed by atoms with Gasteiger partial charge in [0.2, 0.25) is 0 Å². The number of rotatable bonds is 5. The van der Waals surface area contributed by atoms with Crippen LogP contribution in [0.25, 0.3) is 0 Å². The molecule has 0 N–H and O–H groups in total. The molecule has 0 spiro atoms. The standard InChI is InChI=1S/C15H18O3S/c1-18-14(17)15(9-5-8-13(15)16)10-11-19-12-6-3-2-4-7-12/h2-4,6-7H,5,8-11H2,1H3/t15-/m1/s1. The molecule has 0 aromatic heterocycles. The van der Waals surface area contributed by atoms with Crippen LogP contribution in [0.2, 0.25) is 0 Å². The molecule has 19 heavy (non-hydrogen) atoms. The molecule has 4 heteroatoms. The second-order valence-corrected chi connectivity index (χ2v) is 5.93. The average Bonchev–Trinajstić information content (AvgIpc) is 2.81. The number of benzene rings is 1. The summed E-state index contributed by atoms with van der Waals surface area (Å²) >= 11 is 1.68. The van der Waals surface area contributed by atoms with E-state index in [1.54, 1.807) is 11.8 Å². The predicted molar refractivity (Wildman–Crippen MR) is 75.1 cm³/mol. The van der Waals surface area contributed by atoms with Gasteiger partial charge in [-0.2, -0.15) is 0 Å². The van der Waals surface area contributed by atoms with Crippen molar-refractivity contribution in [1.29, 1.82) is 0 Å². The first kappa shape index (κ1) is 14.1. The average molecular weight is 278 g/mol. The third-order valence-electron chi connectivity index (χ3n) is 3.66. The lowest BCUT2D eigenvalue weighted by Gasteiger charge is -2.23. The zero-order chi connectivity index (χ0) is 13.7. The van der Waals surface area contributed by atoms with Crippen LogP contribution in [0.1, 0.15) is 25.7 Å². The van der Waals surface area contributed by atoms with E-state index >= 15 is 0 Å². The molecule has 0 amide bonds. The summed E-state index contributed by atoms with van der Waals surface area (Å²) in [7, 11) is 1.36. The Bertz CT molecular complexity index is 458. The lowest BCUT2D eigenvalue weighted by molar-refractivity contribution is -0.156. The highest BCUT2D eigenvalue weighted by atomic mass is 32.2. The van der Waals surface area contributed by atoms with Crippen LogP contribution < -0.4 is 0 Å². The lowest BCUT2D eigenvalue weighted by atomic mass is 9.82. The van der Waals surface area contributed by atoms with E-state index in [0.29, 0.717) is 19.3 Å². The van der Waals surface area contributed by atoms with E-state index in [-0.39, 0.29) is 11.8 Å². The first-order valence-corrected chi connectivity index (χ1v) is 7.47. The number of methoxy groups -OCH3 is 1. The number of ketones is 1. The van der Waals surface area contributed by atoms with Gasteiger partial charge in [0.25, 0.3) is 0 Å². The molecule has 1 aromatic rings. The number of thioether (sulfide) groups is 1. The van der Waals surface area contributed by atoms with Gasteiger partial charge in [0.1, 0.15) is 11.2 Å². The summed E-state index contributed by atoms with van der Waals surface area (Å²) in [6.07, 6.45) is 2.50. The van der Waals surface area contributed by atoms with E-state index in [0.717, 1.165) is 17.1 Å². The van der Waals surface area contributed by atoms with Gasteiger partial charge in [-0.05, 0) is 37.1 Å². The number of hydrogen-bond donors (Lipinski definition) is 0. The number of carbonyl (C=O) groups excluding carboxylic acids is 2. The number of carbonyl (C=O) groups is 2. The van der Waals surface area contributed by atoms with Crippen LogP contribution in [-0.4, -0.2) is 24.6 Å². The first-order chi connectivity index (χ1) is 9.19. The van der Waals surface area contributed by atoms with Crippen LogP contribution in [0.3, 0.4) is 0 Å². The van der Waals surface area contributed by atoms with E-state index in [1.165, 1.54) is 7.11 Å². The van der Waals surface area contributed by atoms with E-state index < -0.39 is 5.41 Å². The van der Waals surface area contributed by atoms with Crippen molar-refractivity contribution in [3.05, 3.63) is 30.3 Å². The third kappa shape index (κ3) is 3.00. The van der Waals surface area contributed by atoms with Crippen molar-refractivity contribution >= 4 is 23.5 Å². The van der Waals surface area contributed by atoms with E-state index in [9.17, 15) is 9.59 Å². The van der Waals surface area contributed by atoms with Gasteiger partial charge < -0.3 is 4.74 Å². The van der Waals surface area contributed by atoms with E-state index in [4.69, 9.17) is 4.74 Å². The summed E-state index contributed by atoms with van der Waals surface area (Å²) in [4.78, 5) is 25.1. The Morgan fingerprint density at radius 3 is 2.68 bits per heavy atom. The molecule has 0 heterocycles. The zero-order valence-electron chi connectivity index (χ0n) is 11.1. The minimum Gasteiger partial charge on any atom is -0.468 e. The highest BCUT2D eigenvalue weighted by Crippen LogP contribution is 2.40. The largest absolute Gasteiger partial charge is 0.468 e. The van der Waals surface area contributed by atoms with Gasteiger partial charge in [0.05, 0.1) is 7.11 Å². The van der Waals surface area contributed by atoms with Crippen molar-refractivity contribution in [2.24, 2.45) is 5.41 Å². The van der Waals surface area contributed by atoms with E-state index in [2.05, 4.69) is 0 Å². The van der Waals surface area contributed by atoms with Gasteiger partial charge in [-0.3, -0.25) is 9.59 Å². The molecular formula is C15H18O3S. The van der Waals surface area contributed by atoms with Gasteiger partial charge in [-0.25, -0.2) is 0 Å². The van der Waals surface area contributed by atoms with Crippen molar-refractivity contribution in [3.8, 4) is 0 Å². The summed E-state index contributed by atoms with van der Waals surface area (Å²) in [5, 5.41) is 0. The van der Waals surface area contributed by atoms with Crippen LogP contribution in [0.5, 0.6) is 0 Å². The summed E-state index contributed by atoms with van der Waals surface area (Å²) in [5.74, 6) is 0.446. The minimum atomic E-state index is -0.878. The molecule has 3 nitrogen and oxygen atoms in total. The van der Waals surface area contributed by atoms with Crippen molar-refractivity contribution in [2.45, 2.75) is 30.6 Å². The minimum absolute atomic E-state index is 0.0491. The fourth-order valence-electron chi connectivity index (χ4n) is 2.57. The molecule has 1 aromatic carbocycles. The molecule has 1 aliphatic carbocycles. The summed E-state index contributed by atoms with van der Waals surface area (Å²) in [5.41, 5.74) is -0.878. The molecule has 0 unspecified atom stereocenters. The van der Waals surface area contributed by atoms with Crippen LogP contribution in [0.4, 0.5) is 0 Å².